The molecule has 1 amide bonds. The largest absolute Gasteiger partial charge is 0.412 e. The Morgan fingerprint density at radius 1 is 1.27 bits per heavy atom. The number of carbonyl (C=O) groups is 1. The SMILES string of the molecule is Cc1ccc(C(C)C)c(OC(=O)NCCc2ccccn2)c1. The molecule has 0 saturated heterocycles. The number of rotatable bonds is 5. The van der Waals surface area contributed by atoms with E-state index in [1.807, 2.05) is 43.3 Å². The van der Waals surface area contributed by atoms with Crippen molar-refractivity contribution in [2.45, 2.75) is 33.1 Å². The van der Waals surface area contributed by atoms with Gasteiger partial charge in [-0.25, -0.2) is 4.79 Å². The first-order valence-electron chi connectivity index (χ1n) is 7.52. The number of aryl methyl sites for hydroxylation is 1. The van der Waals surface area contributed by atoms with Gasteiger partial charge in [0.15, 0.2) is 0 Å². The van der Waals surface area contributed by atoms with Crippen LogP contribution in [0.3, 0.4) is 0 Å². The monoisotopic (exact) mass is 298 g/mol. The number of hydrogen-bond donors (Lipinski definition) is 1. The predicted molar refractivity (Wildman–Crippen MR) is 87.2 cm³/mol. The normalized spacial score (nSPS) is 10.5. The van der Waals surface area contributed by atoms with Crippen molar-refractivity contribution in [3.05, 3.63) is 59.4 Å². The Bertz CT molecular complexity index is 624. The van der Waals surface area contributed by atoms with Crippen LogP contribution in [0.15, 0.2) is 42.6 Å². The van der Waals surface area contributed by atoms with E-state index in [2.05, 4.69) is 24.1 Å². The molecule has 1 N–H and O–H groups in total. The van der Waals surface area contributed by atoms with E-state index in [9.17, 15) is 4.79 Å². The highest BCUT2D eigenvalue weighted by Crippen LogP contribution is 2.27. The van der Waals surface area contributed by atoms with Crippen molar-refractivity contribution >= 4 is 6.09 Å². The predicted octanol–water partition coefficient (Wildman–Crippen LogP) is 3.84. The van der Waals surface area contributed by atoms with Crippen molar-refractivity contribution in [2.24, 2.45) is 0 Å². The molecule has 0 bridgehead atoms. The van der Waals surface area contributed by atoms with E-state index >= 15 is 0 Å². The highest BCUT2D eigenvalue weighted by Gasteiger charge is 2.12. The zero-order chi connectivity index (χ0) is 15.9. The Morgan fingerprint density at radius 2 is 2.09 bits per heavy atom. The number of nitrogens with one attached hydrogen (secondary N) is 1. The van der Waals surface area contributed by atoms with Gasteiger partial charge >= 0.3 is 6.09 Å². The molecular weight excluding hydrogens is 276 g/mol. The van der Waals surface area contributed by atoms with Gasteiger partial charge < -0.3 is 10.1 Å². The summed E-state index contributed by atoms with van der Waals surface area (Å²) < 4.78 is 5.46. The lowest BCUT2D eigenvalue weighted by molar-refractivity contribution is 0.200. The fourth-order valence-electron chi connectivity index (χ4n) is 2.18. The molecule has 0 spiro atoms. The number of amides is 1. The second-order valence-electron chi connectivity index (χ2n) is 5.58. The highest BCUT2D eigenvalue weighted by atomic mass is 16.6. The van der Waals surface area contributed by atoms with E-state index in [4.69, 9.17) is 4.74 Å². The van der Waals surface area contributed by atoms with Crippen molar-refractivity contribution < 1.29 is 9.53 Å². The molecule has 1 heterocycles. The maximum Gasteiger partial charge on any atom is 0.412 e. The lowest BCUT2D eigenvalue weighted by atomic mass is 10.0. The van der Waals surface area contributed by atoms with Crippen LogP contribution in [0, 0.1) is 6.92 Å². The molecule has 2 aromatic rings. The van der Waals surface area contributed by atoms with Gasteiger partial charge in [-0.2, -0.15) is 0 Å². The van der Waals surface area contributed by atoms with Gasteiger partial charge in [0.25, 0.3) is 0 Å². The van der Waals surface area contributed by atoms with Crippen molar-refractivity contribution in [1.82, 2.24) is 10.3 Å². The Kier molecular flexibility index (Phi) is 5.53. The summed E-state index contributed by atoms with van der Waals surface area (Å²) in [4.78, 5) is 16.2. The first-order chi connectivity index (χ1) is 10.6. The Hall–Kier alpha value is -2.36. The molecule has 0 radical (unpaired) electrons. The standard InChI is InChI=1S/C18H22N2O2/c1-13(2)16-8-7-14(3)12-17(16)22-18(21)20-11-9-15-6-4-5-10-19-15/h4-8,10,12-13H,9,11H2,1-3H3,(H,20,21). The molecule has 4 nitrogen and oxygen atoms in total. The number of hydrogen-bond acceptors (Lipinski definition) is 3. The molecule has 4 heteroatoms. The molecule has 0 unspecified atom stereocenters. The van der Waals surface area contributed by atoms with Crippen LogP contribution in [-0.2, 0) is 6.42 Å². The zero-order valence-corrected chi connectivity index (χ0v) is 13.3. The molecule has 0 aliphatic rings. The van der Waals surface area contributed by atoms with Crippen molar-refractivity contribution in [3.63, 3.8) is 0 Å². The lowest BCUT2D eigenvalue weighted by Crippen LogP contribution is -2.29. The number of aromatic nitrogens is 1. The first-order valence-corrected chi connectivity index (χ1v) is 7.52. The van der Waals surface area contributed by atoms with Gasteiger partial charge in [0.1, 0.15) is 5.75 Å². The van der Waals surface area contributed by atoms with Crippen LogP contribution in [0.1, 0.15) is 36.6 Å². The van der Waals surface area contributed by atoms with Gasteiger partial charge in [-0.1, -0.05) is 32.0 Å². The van der Waals surface area contributed by atoms with Crippen LogP contribution in [0.25, 0.3) is 0 Å². The Balaban J connectivity index is 1.90. The summed E-state index contributed by atoms with van der Waals surface area (Å²) >= 11 is 0. The third-order valence-corrected chi connectivity index (χ3v) is 3.37. The fourth-order valence-corrected chi connectivity index (χ4v) is 2.18. The Labute approximate surface area is 131 Å². The molecule has 116 valence electrons. The van der Waals surface area contributed by atoms with E-state index in [0.717, 1.165) is 16.8 Å². The molecule has 0 aliphatic carbocycles. The molecule has 2 rings (SSSR count). The topological polar surface area (TPSA) is 51.2 Å². The maximum atomic E-state index is 11.9. The molecule has 0 atom stereocenters. The smallest absolute Gasteiger partial charge is 0.410 e. The Morgan fingerprint density at radius 3 is 2.77 bits per heavy atom. The van der Waals surface area contributed by atoms with Crippen LogP contribution < -0.4 is 10.1 Å². The van der Waals surface area contributed by atoms with Gasteiger partial charge in [-0.3, -0.25) is 4.98 Å². The van der Waals surface area contributed by atoms with Crippen LogP contribution in [0.4, 0.5) is 4.79 Å². The number of carbonyl (C=O) groups excluding carboxylic acids is 1. The lowest BCUT2D eigenvalue weighted by Gasteiger charge is -2.14. The van der Waals surface area contributed by atoms with Crippen LogP contribution in [0.2, 0.25) is 0 Å². The second kappa shape index (κ2) is 7.59. The van der Waals surface area contributed by atoms with E-state index in [-0.39, 0.29) is 0 Å². The van der Waals surface area contributed by atoms with Crippen LogP contribution in [-0.4, -0.2) is 17.6 Å². The van der Waals surface area contributed by atoms with Crippen molar-refractivity contribution in [2.75, 3.05) is 6.54 Å². The average molecular weight is 298 g/mol. The third kappa shape index (κ3) is 4.58. The fraction of sp³-hybridized carbons (Fsp3) is 0.333. The summed E-state index contributed by atoms with van der Waals surface area (Å²) in [6.07, 6.45) is 2.00. The summed E-state index contributed by atoms with van der Waals surface area (Å²) in [5, 5.41) is 2.76. The molecular formula is C18H22N2O2. The van der Waals surface area contributed by atoms with E-state index < -0.39 is 6.09 Å². The second-order valence-corrected chi connectivity index (χ2v) is 5.58. The molecule has 22 heavy (non-hydrogen) atoms. The van der Waals surface area contributed by atoms with Gasteiger partial charge in [-0.15, -0.1) is 0 Å². The van der Waals surface area contributed by atoms with E-state index in [1.54, 1.807) is 6.20 Å². The molecule has 1 aromatic heterocycles. The zero-order valence-electron chi connectivity index (χ0n) is 13.3. The van der Waals surface area contributed by atoms with Crippen LogP contribution in [0.5, 0.6) is 5.75 Å². The number of pyridine rings is 1. The number of nitrogens with zero attached hydrogens (tertiary/aromatic N) is 1. The summed E-state index contributed by atoms with van der Waals surface area (Å²) in [6.45, 7) is 6.64. The minimum atomic E-state index is -0.427. The molecule has 1 aromatic carbocycles. The quantitative estimate of drug-likeness (QED) is 0.912. The highest BCUT2D eigenvalue weighted by molar-refractivity contribution is 5.71. The van der Waals surface area contributed by atoms with Crippen molar-refractivity contribution in [1.29, 1.82) is 0 Å². The molecule has 0 saturated carbocycles. The summed E-state index contributed by atoms with van der Waals surface area (Å²) in [5.74, 6) is 0.933. The minimum absolute atomic E-state index is 0.303. The minimum Gasteiger partial charge on any atom is -0.410 e. The number of benzene rings is 1. The van der Waals surface area contributed by atoms with Crippen LogP contribution >= 0.6 is 0 Å². The van der Waals surface area contributed by atoms with Gasteiger partial charge in [0.05, 0.1) is 0 Å². The average Bonchev–Trinajstić information content (AvgIpc) is 2.48. The van der Waals surface area contributed by atoms with Gasteiger partial charge in [0.2, 0.25) is 0 Å². The first kappa shape index (κ1) is 16.0. The van der Waals surface area contributed by atoms with Crippen molar-refractivity contribution in [3.8, 4) is 5.75 Å². The molecule has 0 fully saturated rings. The molecule has 0 aliphatic heterocycles. The van der Waals surface area contributed by atoms with E-state index in [1.165, 1.54) is 0 Å². The van der Waals surface area contributed by atoms with E-state index in [0.29, 0.717) is 24.6 Å². The van der Waals surface area contributed by atoms with Gasteiger partial charge in [-0.05, 0) is 42.2 Å². The summed E-state index contributed by atoms with van der Waals surface area (Å²) in [6, 6.07) is 11.7. The summed E-state index contributed by atoms with van der Waals surface area (Å²) in [5.41, 5.74) is 3.05. The van der Waals surface area contributed by atoms with Gasteiger partial charge in [0, 0.05) is 24.9 Å². The summed E-state index contributed by atoms with van der Waals surface area (Å²) in [7, 11) is 0. The maximum absolute atomic E-state index is 11.9. The number of ether oxygens (including phenoxy) is 1. The third-order valence-electron chi connectivity index (χ3n) is 3.37.